The van der Waals surface area contributed by atoms with Gasteiger partial charge in [0.2, 0.25) is 0 Å². The van der Waals surface area contributed by atoms with Gasteiger partial charge in [0.25, 0.3) is 0 Å². The first-order valence-corrected chi connectivity index (χ1v) is 10.6. The highest BCUT2D eigenvalue weighted by Gasteiger charge is 2.23. The molecule has 1 unspecified atom stereocenters. The summed E-state index contributed by atoms with van der Waals surface area (Å²) in [7, 11) is 0. The molecule has 1 fully saturated rings. The Morgan fingerprint density at radius 3 is 2.79 bits per heavy atom. The fraction of sp³-hybridized carbons (Fsp3) is 0.417. The van der Waals surface area contributed by atoms with Gasteiger partial charge in [-0.05, 0) is 57.4 Å². The van der Waals surface area contributed by atoms with Gasteiger partial charge in [0.05, 0.1) is 6.61 Å². The highest BCUT2D eigenvalue weighted by Crippen LogP contribution is 2.26. The minimum atomic E-state index is 0.622. The van der Waals surface area contributed by atoms with Crippen LogP contribution in [0.15, 0.2) is 55.0 Å². The number of nitrogens with zero attached hydrogens (tertiary/aromatic N) is 4. The molecular weight excluding hydrogens is 360 g/mol. The van der Waals surface area contributed by atoms with E-state index in [2.05, 4.69) is 50.6 Å². The number of aromatic nitrogens is 3. The first-order chi connectivity index (χ1) is 14.2. The largest absolute Gasteiger partial charge is 0.494 e. The summed E-state index contributed by atoms with van der Waals surface area (Å²) < 4.78 is 8.20. The van der Waals surface area contributed by atoms with Gasteiger partial charge in [-0.2, -0.15) is 0 Å². The monoisotopic (exact) mass is 390 g/mol. The number of para-hydroxylation sites is 1. The van der Waals surface area contributed by atoms with Gasteiger partial charge in [0, 0.05) is 55.0 Å². The van der Waals surface area contributed by atoms with Crippen molar-refractivity contribution in [3.63, 3.8) is 0 Å². The van der Waals surface area contributed by atoms with E-state index in [0.717, 1.165) is 43.3 Å². The standard InChI is InChI=1S/C24H30N4O/c1-3-29-23-9-5-4-8-22(23)18-27-14-6-7-20(16-27)17-28-19(2)15-26-24(28)21-10-12-25-13-11-21/h4-5,8-13,15,20H,3,6-7,14,16-18H2,1-2H3. The smallest absolute Gasteiger partial charge is 0.140 e. The molecule has 5 nitrogen and oxygen atoms in total. The SMILES string of the molecule is CCOc1ccccc1CN1CCCC(Cn2c(C)cnc2-c2ccncc2)C1. The Balaban J connectivity index is 1.46. The van der Waals surface area contributed by atoms with Crippen molar-refractivity contribution in [1.29, 1.82) is 0 Å². The van der Waals surface area contributed by atoms with Crippen LogP contribution in [0, 0.1) is 12.8 Å². The van der Waals surface area contributed by atoms with Crippen LogP contribution in [-0.2, 0) is 13.1 Å². The Hall–Kier alpha value is -2.66. The van der Waals surface area contributed by atoms with E-state index in [-0.39, 0.29) is 0 Å². The lowest BCUT2D eigenvalue weighted by Gasteiger charge is -2.33. The predicted molar refractivity (Wildman–Crippen MR) is 116 cm³/mol. The summed E-state index contributed by atoms with van der Waals surface area (Å²) in [5.41, 5.74) is 3.63. The molecule has 1 aliphatic heterocycles. The molecule has 1 aliphatic rings. The van der Waals surface area contributed by atoms with Gasteiger partial charge >= 0.3 is 0 Å². The maximum absolute atomic E-state index is 5.83. The molecule has 3 aromatic rings. The van der Waals surface area contributed by atoms with Crippen molar-refractivity contribution < 1.29 is 4.74 Å². The van der Waals surface area contributed by atoms with Gasteiger partial charge in [0.15, 0.2) is 0 Å². The molecule has 0 aliphatic carbocycles. The first-order valence-electron chi connectivity index (χ1n) is 10.6. The second-order valence-corrected chi connectivity index (χ2v) is 7.85. The topological polar surface area (TPSA) is 43.2 Å². The highest BCUT2D eigenvalue weighted by molar-refractivity contribution is 5.55. The molecule has 0 spiro atoms. The lowest BCUT2D eigenvalue weighted by atomic mass is 9.97. The van der Waals surface area contributed by atoms with Crippen molar-refractivity contribution in [3.05, 3.63) is 66.2 Å². The van der Waals surface area contributed by atoms with Crippen LogP contribution < -0.4 is 4.74 Å². The summed E-state index contributed by atoms with van der Waals surface area (Å²) in [6, 6.07) is 12.5. The second kappa shape index (κ2) is 9.23. The molecule has 29 heavy (non-hydrogen) atoms. The Morgan fingerprint density at radius 1 is 1.14 bits per heavy atom. The molecule has 152 valence electrons. The molecule has 1 aromatic carbocycles. The van der Waals surface area contributed by atoms with Gasteiger partial charge < -0.3 is 9.30 Å². The van der Waals surface area contributed by atoms with E-state index in [9.17, 15) is 0 Å². The molecule has 3 heterocycles. The number of piperidine rings is 1. The maximum Gasteiger partial charge on any atom is 0.140 e. The van der Waals surface area contributed by atoms with E-state index < -0.39 is 0 Å². The molecule has 0 N–H and O–H groups in total. The summed E-state index contributed by atoms with van der Waals surface area (Å²) in [6.07, 6.45) is 8.15. The summed E-state index contributed by atoms with van der Waals surface area (Å²) in [4.78, 5) is 11.4. The lowest BCUT2D eigenvalue weighted by molar-refractivity contribution is 0.154. The van der Waals surface area contributed by atoms with Crippen LogP contribution in [0.3, 0.4) is 0 Å². The number of benzene rings is 1. The van der Waals surface area contributed by atoms with E-state index in [0.29, 0.717) is 12.5 Å². The Kier molecular flexibility index (Phi) is 6.25. The van der Waals surface area contributed by atoms with E-state index in [1.54, 1.807) is 0 Å². The van der Waals surface area contributed by atoms with E-state index in [1.807, 2.05) is 37.6 Å². The van der Waals surface area contributed by atoms with Gasteiger partial charge in [0.1, 0.15) is 11.6 Å². The minimum Gasteiger partial charge on any atom is -0.494 e. The molecule has 0 saturated carbocycles. The number of hydrogen-bond acceptors (Lipinski definition) is 4. The number of aryl methyl sites for hydroxylation is 1. The molecule has 0 amide bonds. The van der Waals surface area contributed by atoms with Gasteiger partial charge in [-0.25, -0.2) is 4.98 Å². The fourth-order valence-electron chi connectivity index (χ4n) is 4.30. The minimum absolute atomic E-state index is 0.622. The van der Waals surface area contributed by atoms with Crippen molar-refractivity contribution in [1.82, 2.24) is 19.4 Å². The third-order valence-electron chi connectivity index (χ3n) is 5.70. The Labute approximate surface area is 173 Å². The zero-order valence-electron chi connectivity index (χ0n) is 17.4. The second-order valence-electron chi connectivity index (χ2n) is 7.85. The summed E-state index contributed by atoms with van der Waals surface area (Å²) in [5, 5.41) is 0. The molecule has 1 saturated heterocycles. The average molecular weight is 391 g/mol. The van der Waals surface area contributed by atoms with Gasteiger partial charge in [-0.1, -0.05) is 18.2 Å². The number of pyridine rings is 1. The maximum atomic E-state index is 5.83. The van der Waals surface area contributed by atoms with E-state index in [1.165, 1.54) is 24.1 Å². The Morgan fingerprint density at radius 2 is 1.97 bits per heavy atom. The first kappa shape index (κ1) is 19.6. The lowest BCUT2D eigenvalue weighted by Crippen LogP contribution is -2.36. The summed E-state index contributed by atoms with van der Waals surface area (Å²) >= 11 is 0. The molecule has 0 radical (unpaired) electrons. The third kappa shape index (κ3) is 4.67. The van der Waals surface area contributed by atoms with Crippen LogP contribution in [-0.4, -0.2) is 39.1 Å². The summed E-state index contributed by atoms with van der Waals surface area (Å²) in [5.74, 6) is 2.68. The van der Waals surface area contributed by atoms with E-state index in [4.69, 9.17) is 4.74 Å². The zero-order valence-corrected chi connectivity index (χ0v) is 17.4. The molecule has 1 atom stereocenters. The van der Waals surface area contributed by atoms with Crippen LogP contribution in [0.1, 0.15) is 31.0 Å². The van der Waals surface area contributed by atoms with Crippen molar-refractivity contribution >= 4 is 0 Å². The molecular formula is C24H30N4O. The number of ether oxygens (including phenoxy) is 1. The molecule has 2 aromatic heterocycles. The van der Waals surface area contributed by atoms with Crippen LogP contribution >= 0.6 is 0 Å². The van der Waals surface area contributed by atoms with Crippen molar-refractivity contribution in [2.24, 2.45) is 5.92 Å². The number of imidazole rings is 1. The van der Waals surface area contributed by atoms with Gasteiger partial charge in [-0.15, -0.1) is 0 Å². The highest BCUT2D eigenvalue weighted by atomic mass is 16.5. The Bertz CT molecular complexity index is 922. The van der Waals surface area contributed by atoms with Crippen LogP contribution in [0.25, 0.3) is 11.4 Å². The van der Waals surface area contributed by atoms with E-state index >= 15 is 0 Å². The molecule has 4 rings (SSSR count). The third-order valence-corrected chi connectivity index (χ3v) is 5.70. The number of rotatable bonds is 7. The average Bonchev–Trinajstić information content (AvgIpc) is 3.11. The normalized spacial score (nSPS) is 17.4. The summed E-state index contributed by atoms with van der Waals surface area (Å²) in [6.45, 7) is 9.11. The molecule has 5 heteroatoms. The van der Waals surface area contributed by atoms with Crippen molar-refractivity contribution in [3.8, 4) is 17.1 Å². The van der Waals surface area contributed by atoms with Crippen LogP contribution in [0.5, 0.6) is 5.75 Å². The number of hydrogen-bond donors (Lipinski definition) is 0. The number of likely N-dealkylation sites (tertiary alicyclic amines) is 1. The van der Waals surface area contributed by atoms with Crippen molar-refractivity contribution in [2.75, 3.05) is 19.7 Å². The quantitative estimate of drug-likeness (QED) is 0.593. The van der Waals surface area contributed by atoms with Crippen molar-refractivity contribution in [2.45, 2.75) is 39.8 Å². The van der Waals surface area contributed by atoms with Gasteiger partial charge in [-0.3, -0.25) is 9.88 Å². The van der Waals surface area contributed by atoms with Crippen LogP contribution in [0.4, 0.5) is 0 Å². The fourth-order valence-corrected chi connectivity index (χ4v) is 4.30. The zero-order chi connectivity index (χ0) is 20.1. The predicted octanol–water partition coefficient (Wildman–Crippen LogP) is 4.56. The van der Waals surface area contributed by atoms with Crippen LogP contribution in [0.2, 0.25) is 0 Å². The molecule has 0 bridgehead atoms.